The molecule has 0 spiro atoms. The first-order valence-electron chi connectivity index (χ1n) is 8.73. The largest absolute Gasteiger partial charge is 0.334 e. The number of nitrogens with zero attached hydrogens (tertiary/aromatic N) is 6. The summed E-state index contributed by atoms with van der Waals surface area (Å²) in [6.07, 6.45) is 3.32. The fourth-order valence-corrected chi connectivity index (χ4v) is 3.78. The fourth-order valence-electron chi connectivity index (χ4n) is 2.85. The molecular formula is C20H13ClN6OS. The number of halogens is 1. The Morgan fingerprint density at radius 2 is 1.83 bits per heavy atom. The van der Waals surface area contributed by atoms with E-state index in [2.05, 4.69) is 25.2 Å². The van der Waals surface area contributed by atoms with Gasteiger partial charge in [-0.15, -0.1) is 0 Å². The summed E-state index contributed by atoms with van der Waals surface area (Å²) < 4.78 is 7.16. The first-order chi connectivity index (χ1) is 14.3. The Kier molecular flexibility index (Phi) is 4.71. The van der Waals surface area contributed by atoms with E-state index in [1.54, 1.807) is 29.3 Å². The lowest BCUT2D eigenvalue weighted by atomic mass is 10.2. The van der Waals surface area contributed by atoms with Crippen molar-refractivity contribution < 1.29 is 4.52 Å². The fraction of sp³-hybridized carbons (Fsp3) is 0.0500. The Labute approximate surface area is 174 Å². The van der Waals surface area contributed by atoms with Crippen LogP contribution in [0.5, 0.6) is 0 Å². The molecule has 5 rings (SSSR count). The maximum absolute atomic E-state index is 5.92. The van der Waals surface area contributed by atoms with Gasteiger partial charge >= 0.3 is 0 Å². The minimum Gasteiger partial charge on any atom is -0.334 e. The Morgan fingerprint density at radius 3 is 2.66 bits per heavy atom. The minimum atomic E-state index is 0.460. The van der Waals surface area contributed by atoms with E-state index in [0.717, 1.165) is 27.3 Å². The standard InChI is InChI=1S/C20H13ClN6OS/c21-14-8-6-13(7-9-14)19-25-17(26-28-19)11-29-20-16-10-24-27(18(16)22-12-23-20)15-4-2-1-3-5-15/h1-10,12H,11H2. The molecule has 0 saturated carbocycles. The van der Waals surface area contributed by atoms with Gasteiger partial charge in [0.25, 0.3) is 5.89 Å². The SMILES string of the molecule is Clc1ccc(-c2nc(CSc3ncnc4c3cnn4-c3ccccc3)no2)cc1. The Balaban J connectivity index is 1.38. The third-order valence-electron chi connectivity index (χ3n) is 4.23. The van der Waals surface area contributed by atoms with Crippen molar-refractivity contribution in [2.24, 2.45) is 0 Å². The number of thioether (sulfide) groups is 1. The Hall–Kier alpha value is -3.23. The van der Waals surface area contributed by atoms with Crippen molar-refractivity contribution in [3.8, 4) is 17.1 Å². The molecule has 142 valence electrons. The van der Waals surface area contributed by atoms with Crippen LogP contribution < -0.4 is 0 Å². The summed E-state index contributed by atoms with van der Waals surface area (Å²) in [5.74, 6) is 1.56. The summed E-state index contributed by atoms with van der Waals surface area (Å²) in [4.78, 5) is 13.3. The van der Waals surface area contributed by atoms with Crippen LogP contribution in [0.4, 0.5) is 0 Å². The molecule has 0 unspecified atom stereocenters. The van der Waals surface area contributed by atoms with Crippen LogP contribution in [0.15, 0.2) is 76.7 Å². The molecule has 0 amide bonds. The molecule has 0 fully saturated rings. The van der Waals surface area contributed by atoms with Crippen molar-refractivity contribution in [3.05, 3.63) is 78.0 Å². The van der Waals surface area contributed by atoms with E-state index in [1.165, 1.54) is 11.8 Å². The predicted octanol–water partition coefficient (Wildman–Crippen LogP) is 4.81. The molecule has 5 aromatic rings. The number of para-hydroxylation sites is 1. The lowest BCUT2D eigenvalue weighted by Gasteiger charge is -2.03. The first-order valence-corrected chi connectivity index (χ1v) is 10.1. The molecule has 0 aliphatic carbocycles. The summed E-state index contributed by atoms with van der Waals surface area (Å²) >= 11 is 7.43. The molecule has 3 aromatic heterocycles. The number of aromatic nitrogens is 6. The van der Waals surface area contributed by atoms with Crippen LogP contribution in [-0.4, -0.2) is 29.9 Å². The lowest BCUT2D eigenvalue weighted by Crippen LogP contribution is -1.97. The van der Waals surface area contributed by atoms with Crippen LogP contribution in [0, 0.1) is 0 Å². The summed E-state index contributed by atoms with van der Waals surface area (Å²) in [6, 6.07) is 17.1. The van der Waals surface area contributed by atoms with Gasteiger partial charge in [-0.2, -0.15) is 10.1 Å². The van der Waals surface area contributed by atoms with Crippen LogP contribution >= 0.6 is 23.4 Å². The van der Waals surface area contributed by atoms with E-state index >= 15 is 0 Å². The highest BCUT2D eigenvalue weighted by atomic mass is 35.5. The molecule has 29 heavy (non-hydrogen) atoms. The second-order valence-electron chi connectivity index (χ2n) is 6.12. The van der Waals surface area contributed by atoms with E-state index in [0.29, 0.717) is 22.5 Å². The zero-order valence-electron chi connectivity index (χ0n) is 14.9. The monoisotopic (exact) mass is 420 g/mol. The predicted molar refractivity (Wildman–Crippen MR) is 111 cm³/mol. The maximum Gasteiger partial charge on any atom is 0.257 e. The number of fused-ring (bicyclic) bond motifs is 1. The molecule has 2 aromatic carbocycles. The van der Waals surface area contributed by atoms with Gasteiger partial charge < -0.3 is 4.52 Å². The van der Waals surface area contributed by atoms with Crippen LogP contribution in [0.25, 0.3) is 28.2 Å². The van der Waals surface area contributed by atoms with Gasteiger partial charge in [-0.1, -0.05) is 46.7 Å². The summed E-state index contributed by atoms with van der Waals surface area (Å²) in [5.41, 5.74) is 2.53. The second-order valence-corrected chi connectivity index (χ2v) is 7.52. The first kappa shape index (κ1) is 17.8. The average Bonchev–Trinajstić information content (AvgIpc) is 3.41. The zero-order valence-corrected chi connectivity index (χ0v) is 16.5. The molecule has 0 atom stereocenters. The highest BCUT2D eigenvalue weighted by Crippen LogP contribution is 2.28. The topological polar surface area (TPSA) is 82.5 Å². The van der Waals surface area contributed by atoms with Crippen molar-refractivity contribution in [3.63, 3.8) is 0 Å². The third-order valence-corrected chi connectivity index (χ3v) is 5.48. The van der Waals surface area contributed by atoms with Gasteiger partial charge in [-0.3, -0.25) is 0 Å². The number of rotatable bonds is 5. The van der Waals surface area contributed by atoms with E-state index < -0.39 is 0 Å². The van der Waals surface area contributed by atoms with Crippen molar-refractivity contribution in [2.75, 3.05) is 0 Å². The van der Waals surface area contributed by atoms with Crippen molar-refractivity contribution >= 4 is 34.4 Å². The van der Waals surface area contributed by atoms with Crippen LogP contribution in [0.1, 0.15) is 5.82 Å². The lowest BCUT2D eigenvalue weighted by molar-refractivity contribution is 0.425. The van der Waals surface area contributed by atoms with Crippen LogP contribution in [0.3, 0.4) is 0 Å². The summed E-state index contributed by atoms with van der Waals surface area (Å²) in [6.45, 7) is 0. The summed E-state index contributed by atoms with van der Waals surface area (Å²) in [7, 11) is 0. The quantitative estimate of drug-likeness (QED) is 0.298. The molecule has 0 bridgehead atoms. The van der Waals surface area contributed by atoms with E-state index in [-0.39, 0.29) is 0 Å². The molecule has 0 aliphatic rings. The number of hydrogen-bond donors (Lipinski definition) is 0. The zero-order chi connectivity index (χ0) is 19.6. The van der Waals surface area contributed by atoms with Gasteiger partial charge in [0.15, 0.2) is 11.5 Å². The molecule has 0 N–H and O–H groups in total. The van der Waals surface area contributed by atoms with E-state index in [4.69, 9.17) is 16.1 Å². The minimum absolute atomic E-state index is 0.460. The second kappa shape index (κ2) is 7.65. The molecule has 3 heterocycles. The Bertz CT molecular complexity index is 1270. The van der Waals surface area contributed by atoms with Gasteiger partial charge in [0, 0.05) is 10.6 Å². The molecule has 0 aliphatic heterocycles. The van der Waals surface area contributed by atoms with Gasteiger partial charge in [0.1, 0.15) is 11.4 Å². The number of benzene rings is 2. The van der Waals surface area contributed by atoms with Gasteiger partial charge in [-0.05, 0) is 36.4 Å². The molecule has 7 nitrogen and oxygen atoms in total. The van der Waals surface area contributed by atoms with Crippen molar-refractivity contribution in [2.45, 2.75) is 10.8 Å². The normalized spacial score (nSPS) is 11.2. The van der Waals surface area contributed by atoms with Crippen molar-refractivity contribution in [1.82, 2.24) is 29.9 Å². The summed E-state index contributed by atoms with van der Waals surface area (Å²) in [5, 5.41) is 10.9. The maximum atomic E-state index is 5.92. The van der Waals surface area contributed by atoms with Gasteiger partial charge in [0.2, 0.25) is 0 Å². The highest BCUT2D eigenvalue weighted by molar-refractivity contribution is 7.98. The van der Waals surface area contributed by atoms with Gasteiger partial charge in [-0.25, -0.2) is 14.6 Å². The Morgan fingerprint density at radius 1 is 1.00 bits per heavy atom. The smallest absolute Gasteiger partial charge is 0.257 e. The van der Waals surface area contributed by atoms with E-state index in [9.17, 15) is 0 Å². The number of hydrogen-bond acceptors (Lipinski definition) is 7. The van der Waals surface area contributed by atoms with Gasteiger partial charge in [0.05, 0.1) is 23.0 Å². The van der Waals surface area contributed by atoms with Crippen LogP contribution in [0.2, 0.25) is 5.02 Å². The van der Waals surface area contributed by atoms with Crippen molar-refractivity contribution in [1.29, 1.82) is 0 Å². The average molecular weight is 421 g/mol. The molecule has 0 saturated heterocycles. The molecule has 0 radical (unpaired) electrons. The molecule has 9 heteroatoms. The van der Waals surface area contributed by atoms with E-state index in [1.807, 2.05) is 42.5 Å². The van der Waals surface area contributed by atoms with Crippen LogP contribution in [-0.2, 0) is 5.75 Å². The molecular weight excluding hydrogens is 408 g/mol. The third kappa shape index (κ3) is 3.59. The highest BCUT2D eigenvalue weighted by Gasteiger charge is 2.14.